The first kappa shape index (κ1) is 18.1. The van der Waals surface area contributed by atoms with E-state index in [4.69, 9.17) is 9.29 Å². The van der Waals surface area contributed by atoms with Gasteiger partial charge in [0.25, 0.3) is 0 Å². The summed E-state index contributed by atoms with van der Waals surface area (Å²) in [6.07, 6.45) is 3.90. The Labute approximate surface area is 132 Å². The molecule has 1 heterocycles. The van der Waals surface area contributed by atoms with E-state index in [2.05, 4.69) is 4.74 Å². The molecule has 3 atom stereocenters. The van der Waals surface area contributed by atoms with Gasteiger partial charge >= 0.3 is 27.3 Å². The second-order valence-corrected chi connectivity index (χ2v) is 7.40. The monoisotopic (exact) mass is 356 g/mol. The Balaban J connectivity index is 1.88. The van der Waals surface area contributed by atoms with Crippen LogP contribution in [0.15, 0.2) is 0 Å². The quantitative estimate of drug-likeness (QED) is 0.588. The summed E-state index contributed by atoms with van der Waals surface area (Å²) in [6, 6.07) is 0. The molecule has 0 amide bonds. The number of fused-ring (bicyclic) bond motifs is 2. The third kappa shape index (κ3) is 4.17. The zero-order chi connectivity index (χ0) is 17.3. The topological polar surface area (TPSA) is 107 Å². The van der Waals surface area contributed by atoms with Crippen molar-refractivity contribution in [2.75, 3.05) is 6.61 Å². The van der Waals surface area contributed by atoms with Crippen LogP contribution in [0.3, 0.4) is 0 Å². The standard InChI is InChI=1S/C13H18F2O7S/c14-13(15,23(18,19)20)12(17)21-5-4-9-6-8-2-1-3-10(7-8)22-11(9)16/h8-10H,1-7H2,(H,18,19,20). The summed E-state index contributed by atoms with van der Waals surface area (Å²) in [7, 11) is -5.88. The van der Waals surface area contributed by atoms with Crippen LogP contribution in [0.25, 0.3) is 0 Å². The average Bonchev–Trinajstić information content (AvgIpc) is 2.54. The van der Waals surface area contributed by atoms with E-state index in [0.717, 1.165) is 25.7 Å². The van der Waals surface area contributed by atoms with Gasteiger partial charge in [-0.3, -0.25) is 9.35 Å². The van der Waals surface area contributed by atoms with Crippen LogP contribution in [-0.2, 0) is 29.2 Å². The molecule has 132 valence electrons. The Morgan fingerprint density at radius 3 is 2.70 bits per heavy atom. The van der Waals surface area contributed by atoms with Crippen LogP contribution in [0.1, 0.15) is 38.5 Å². The highest BCUT2D eigenvalue weighted by molar-refractivity contribution is 7.87. The lowest BCUT2D eigenvalue weighted by Gasteiger charge is -2.24. The Morgan fingerprint density at radius 2 is 2.04 bits per heavy atom. The highest BCUT2D eigenvalue weighted by Gasteiger charge is 2.54. The minimum atomic E-state index is -5.88. The predicted octanol–water partition coefficient (Wildman–Crippen LogP) is 1.52. The molecule has 7 nitrogen and oxygen atoms in total. The molecular weight excluding hydrogens is 338 g/mol. The summed E-state index contributed by atoms with van der Waals surface area (Å²) in [4.78, 5) is 23.0. The first-order chi connectivity index (χ1) is 10.6. The molecule has 0 spiro atoms. The highest BCUT2D eigenvalue weighted by Crippen LogP contribution is 2.36. The zero-order valence-electron chi connectivity index (χ0n) is 12.2. The molecule has 2 rings (SSSR count). The molecule has 1 aliphatic heterocycles. The van der Waals surface area contributed by atoms with Crippen LogP contribution in [0.2, 0.25) is 0 Å². The van der Waals surface area contributed by atoms with Crippen molar-refractivity contribution < 1.29 is 40.8 Å². The first-order valence-corrected chi connectivity index (χ1v) is 8.78. The maximum absolute atomic E-state index is 13.0. The van der Waals surface area contributed by atoms with Crippen molar-refractivity contribution in [1.82, 2.24) is 0 Å². The first-order valence-electron chi connectivity index (χ1n) is 7.34. The van der Waals surface area contributed by atoms with E-state index in [1.54, 1.807) is 0 Å². The SMILES string of the molecule is O=C1OC2CCCC(C2)CC1CCOC(=O)C(F)(F)S(=O)(=O)O. The van der Waals surface area contributed by atoms with Crippen molar-refractivity contribution in [3.63, 3.8) is 0 Å². The highest BCUT2D eigenvalue weighted by atomic mass is 32.2. The summed E-state index contributed by atoms with van der Waals surface area (Å²) < 4.78 is 64.6. The lowest BCUT2D eigenvalue weighted by Crippen LogP contribution is -2.39. The molecule has 0 aromatic heterocycles. The van der Waals surface area contributed by atoms with Crippen LogP contribution in [-0.4, -0.2) is 42.9 Å². The second kappa shape index (κ2) is 6.68. The molecule has 1 saturated carbocycles. The number of carbonyl (C=O) groups is 2. The van der Waals surface area contributed by atoms with Gasteiger partial charge in [0.05, 0.1) is 12.5 Å². The fourth-order valence-electron chi connectivity index (χ4n) is 3.04. The molecule has 1 N–H and O–H groups in total. The fraction of sp³-hybridized carbons (Fsp3) is 0.846. The number of halogens is 2. The fourth-order valence-corrected chi connectivity index (χ4v) is 3.31. The molecule has 2 fully saturated rings. The van der Waals surface area contributed by atoms with E-state index < -0.39 is 39.8 Å². The maximum Gasteiger partial charge on any atom is 0.465 e. The largest absolute Gasteiger partial charge is 0.465 e. The van der Waals surface area contributed by atoms with Gasteiger partial charge in [-0.25, -0.2) is 4.79 Å². The van der Waals surface area contributed by atoms with Crippen molar-refractivity contribution in [3.05, 3.63) is 0 Å². The third-order valence-electron chi connectivity index (χ3n) is 4.23. The number of esters is 2. The van der Waals surface area contributed by atoms with Gasteiger partial charge in [0, 0.05) is 0 Å². The normalized spacial score (nSPS) is 28.7. The van der Waals surface area contributed by atoms with Gasteiger partial charge in [-0.15, -0.1) is 0 Å². The Bertz CT molecular complexity index is 575. The lowest BCUT2D eigenvalue weighted by atomic mass is 9.82. The minimum Gasteiger partial charge on any atom is -0.462 e. The number of ether oxygens (including phenoxy) is 2. The predicted molar refractivity (Wildman–Crippen MR) is 72.0 cm³/mol. The molecule has 2 aliphatic rings. The van der Waals surface area contributed by atoms with Gasteiger partial charge < -0.3 is 9.47 Å². The van der Waals surface area contributed by atoms with Crippen LogP contribution >= 0.6 is 0 Å². The van der Waals surface area contributed by atoms with E-state index in [1.165, 1.54) is 0 Å². The van der Waals surface area contributed by atoms with Gasteiger partial charge in [-0.1, -0.05) is 6.42 Å². The summed E-state index contributed by atoms with van der Waals surface area (Å²) in [5.74, 6) is -3.08. The Hall–Kier alpha value is -1.29. The van der Waals surface area contributed by atoms with Crippen LogP contribution < -0.4 is 0 Å². The molecule has 2 bridgehead atoms. The van der Waals surface area contributed by atoms with Gasteiger partial charge in [0.1, 0.15) is 6.10 Å². The molecule has 10 heteroatoms. The van der Waals surface area contributed by atoms with Gasteiger partial charge in [0.2, 0.25) is 0 Å². The molecule has 1 aliphatic carbocycles. The van der Waals surface area contributed by atoms with E-state index in [1.807, 2.05) is 0 Å². The smallest absolute Gasteiger partial charge is 0.462 e. The van der Waals surface area contributed by atoms with E-state index >= 15 is 0 Å². The molecule has 3 unspecified atom stereocenters. The Morgan fingerprint density at radius 1 is 1.35 bits per heavy atom. The van der Waals surface area contributed by atoms with Crippen molar-refractivity contribution in [3.8, 4) is 0 Å². The lowest BCUT2D eigenvalue weighted by molar-refractivity contribution is -0.163. The van der Waals surface area contributed by atoms with Crippen molar-refractivity contribution >= 4 is 22.1 Å². The van der Waals surface area contributed by atoms with Gasteiger partial charge in [-0.2, -0.15) is 17.2 Å². The van der Waals surface area contributed by atoms with Crippen molar-refractivity contribution in [2.24, 2.45) is 11.8 Å². The van der Waals surface area contributed by atoms with Crippen LogP contribution in [0, 0.1) is 11.8 Å². The van der Waals surface area contributed by atoms with E-state index in [9.17, 15) is 26.8 Å². The number of hydrogen-bond donors (Lipinski definition) is 1. The average molecular weight is 356 g/mol. The van der Waals surface area contributed by atoms with Crippen LogP contribution in [0.5, 0.6) is 0 Å². The molecule has 0 aromatic rings. The van der Waals surface area contributed by atoms with E-state index in [0.29, 0.717) is 12.3 Å². The number of carbonyl (C=O) groups excluding carboxylic acids is 2. The van der Waals surface area contributed by atoms with Crippen molar-refractivity contribution in [2.45, 2.75) is 49.9 Å². The van der Waals surface area contributed by atoms with Crippen molar-refractivity contribution in [1.29, 1.82) is 0 Å². The number of hydrogen-bond acceptors (Lipinski definition) is 6. The number of rotatable bonds is 5. The second-order valence-electron chi connectivity index (χ2n) is 5.94. The van der Waals surface area contributed by atoms with Gasteiger partial charge in [0.15, 0.2) is 0 Å². The van der Waals surface area contributed by atoms with Crippen LogP contribution in [0.4, 0.5) is 8.78 Å². The number of alkyl halides is 2. The molecule has 1 saturated heterocycles. The zero-order valence-corrected chi connectivity index (χ0v) is 13.1. The van der Waals surface area contributed by atoms with Gasteiger partial charge in [-0.05, 0) is 38.0 Å². The molecule has 0 aromatic carbocycles. The molecule has 0 radical (unpaired) electrons. The minimum absolute atomic E-state index is 0.0324. The third-order valence-corrected chi connectivity index (χ3v) is 5.04. The molecular formula is C13H18F2O7S. The summed E-state index contributed by atoms with van der Waals surface area (Å²) >= 11 is 0. The summed E-state index contributed by atoms with van der Waals surface area (Å²) in [6.45, 7) is -0.554. The van der Waals surface area contributed by atoms with E-state index in [-0.39, 0.29) is 12.5 Å². The maximum atomic E-state index is 13.0. The molecule has 23 heavy (non-hydrogen) atoms. The summed E-state index contributed by atoms with van der Waals surface area (Å²) in [5.41, 5.74) is 0. The summed E-state index contributed by atoms with van der Waals surface area (Å²) in [5, 5.41) is -5.02. The Kier molecular flexibility index (Phi) is 5.24.